The van der Waals surface area contributed by atoms with Gasteiger partial charge in [0.25, 0.3) is 0 Å². The van der Waals surface area contributed by atoms with Crippen molar-refractivity contribution in [1.82, 2.24) is 5.32 Å². The molecule has 7 nitrogen and oxygen atoms in total. The number of aliphatic carboxylic acids is 1. The lowest BCUT2D eigenvalue weighted by molar-refractivity contribution is -0.152. The molecule has 0 saturated carbocycles. The van der Waals surface area contributed by atoms with Crippen molar-refractivity contribution in [2.24, 2.45) is 0 Å². The molecule has 0 bridgehead atoms. The van der Waals surface area contributed by atoms with Crippen LogP contribution in [-0.2, 0) is 19.1 Å². The van der Waals surface area contributed by atoms with Gasteiger partial charge in [0.05, 0.1) is 12.6 Å². The second-order valence-corrected chi connectivity index (χ2v) is 4.20. The van der Waals surface area contributed by atoms with E-state index in [1.54, 1.807) is 0 Å². The Morgan fingerprint density at radius 2 is 2.11 bits per heavy atom. The average Bonchev–Trinajstić information content (AvgIpc) is 2.79. The molecule has 0 aromatic heterocycles. The van der Waals surface area contributed by atoms with Crippen LogP contribution in [0.3, 0.4) is 0 Å². The molecule has 1 unspecified atom stereocenters. The Morgan fingerprint density at radius 3 is 2.61 bits per heavy atom. The molecule has 7 heteroatoms. The third-order valence-corrected chi connectivity index (χ3v) is 2.78. The number of amides is 1. The van der Waals surface area contributed by atoms with Crippen LogP contribution in [0, 0.1) is 0 Å². The fourth-order valence-electron chi connectivity index (χ4n) is 1.86. The molecule has 0 aromatic carbocycles. The number of carboxylic acids is 1. The molecular weight excluding hydrogens is 242 g/mol. The highest BCUT2D eigenvalue weighted by Crippen LogP contribution is 2.20. The lowest BCUT2D eigenvalue weighted by atomic mass is 10.1. The van der Waals surface area contributed by atoms with Crippen LogP contribution in [0.15, 0.2) is 0 Å². The second-order valence-electron chi connectivity index (χ2n) is 4.20. The summed E-state index contributed by atoms with van der Waals surface area (Å²) in [5.74, 6) is -1.40. The van der Waals surface area contributed by atoms with Gasteiger partial charge in [0.2, 0.25) is 5.91 Å². The van der Waals surface area contributed by atoms with E-state index >= 15 is 0 Å². The van der Waals surface area contributed by atoms with Crippen molar-refractivity contribution in [3.05, 3.63) is 0 Å². The van der Waals surface area contributed by atoms with Gasteiger partial charge in [-0.25, -0.2) is 4.79 Å². The molecule has 1 fully saturated rings. The molecule has 0 aliphatic carbocycles. The number of hydrogen-bond acceptors (Lipinski definition) is 5. The van der Waals surface area contributed by atoms with Gasteiger partial charge in [-0.2, -0.15) is 0 Å². The zero-order valence-corrected chi connectivity index (χ0v) is 10.3. The summed E-state index contributed by atoms with van der Waals surface area (Å²) < 4.78 is 10.0. The molecule has 1 saturated heterocycles. The third kappa shape index (κ3) is 4.25. The molecule has 104 valence electrons. The van der Waals surface area contributed by atoms with Crippen molar-refractivity contribution < 1.29 is 29.3 Å². The van der Waals surface area contributed by atoms with E-state index in [2.05, 4.69) is 5.32 Å². The monoisotopic (exact) mass is 261 g/mol. The summed E-state index contributed by atoms with van der Waals surface area (Å²) in [5.41, 5.74) is 0. The van der Waals surface area contributed by atoms with Gasteiger partial charge in [-0.15, -0.1) is 0 Å². The first-order valence-electron chi connectivity index (χ1n) is 5.87. The average molecular weight is 261 g/mol. The molecular formula is C11H19NO6. The van der Waals surface area contributed by atoms with Crippen LogP contribution in [0.5, 0.6) is 0 Å². The number of methoxy groups -OCH3 is 1. The van der Waals surface area contributed by atoms with Crippen LogP contribution < -0.4 is 5.32 Å². The molecule has 1 amide bonds. The minimum Gasteiger partial charge on any atom is -0.479 e. The number of carbonyl (C=O) groups is 2. The van der Waals surface area contributed by atoms with E-state index in [0.717, 1.165) is 0 Å². The van der Waals surface area contributed by atoms with Gasteiger partial charge >= 0.3 is 5.97 Å². The van der Waals surface area contributed by atoms with Crippen LogP contribution in [0.2, 0.25) is 0 Å². The fourth-order valence-corrected chi connectivity index (χ4v) is 1.86. The Morgan fingerprint density at radius 1 is 1.44 bits per heavy atom. The number of rotatable bonds is 7. The summed E-state index contributed by atoms with van der Waals surface area (Å²) in [6, 6.07) is -0.292. The van der Waals surface area contributed by atoms with Crippen LogP contribution >= 0.6 is 0 Å². The molecule has 1 aliphatic rings. The first-order chi connectivity index (χ1) is 8.58. The highest BCUT2D eigenvalue weighted by Gasteiger charge is 2.35. The van der Waals surface area contributed by atoms with Crippen molar-refractivity contribution in [1.29, 1.82) is 0 Å². The van der Waals surface area contributed by atoms with Gasteiger partial charge in [0.1, 0.15) is 6.10 Å². The van der Waals surface area contributed by atoms with Crippen molar-refractivity contribution in [3.63, 3.8) is 0 Å². The first kappa shape index (κ1) is 14.9. The lowest BCUT2D eigenvalue weighted by Crippen LogP contribution is -2.44. The summed E-state index contributed by atoms with van der Waals surface area (Å²) in [6.45, 7) is 0.235. The van der Waals surface area contributed by atoms with Gasteiger partial charge in [-0.3, -0.25) is 4.79 Å². The van der Waals surface area contributed by atoms with Crippen LogP contribution in [0.1, 0.15) is 19.3 Å². The smallest absolute Gasteiger partial charge is 0.332 e. The highest BCUT2D eigenvalue weighted by atomic mass is 16.5. The Labute approximate surface area is 105 Å². The summed E-state index contributed by atoms with van der Waals surface area (Å²) in [4.78, 5) is 22.5. The number of nitrogens with one attached hydrogen (secondary N) is 1. The topological polar surface area (TPSA) is 105 Å². The number of carboxylic acid groups (broad SMARTS) is 1. The lowest BCUT2D eigenvalue weighted by Gasteiger charge is -2.19. The van der Waals surface area contributed by atoms with Crippen LogP contribution in [0.4, 0.5) is 0 Å². The third-order valence-electron chi connectivity index (χ3n) is 2.78. The minimum atomic E-state index is -1.05. The zero-order valence-electron chi connectivity index (χ0n) is 10.3. The molecule has 18 heavy (non-hydrogen) atoms. The first-order valence-corrected chi connectivity index (χ1v) is 5.87. The number of hydrogen-bond donors (Lipinski definition) is 3. The molecule has 3 atom stereocenters. The maximum absolute atomic E-state index is 11.8. The standard InChI is InChI=1S/C11H19NO6/c1-17-6-7(4-5-13)12-10(14)8-2-3-9(18-8)11(15)16/h7-9,13H,2-6H2,1H3,(H,12,14)(H,15,16)/t7?,8-,9+/m0/s1. The molecule has 0 aromatic rings. The van der Waals surface area contributed by atoms with Crippen molar-refractivity contribution in [2.75, 3.05) is 20.3 Å². The van der Waals surface area contributed by atoms with Gasteiger partial charge in [-0.05, 0) is 19.3 Å². The summed E-state index contributed by atoms with van der Waals surface area (Å²) in [6.07, 6.45) is -0.526. The van der Waals surface area contributed by atoms with Gasteiger partial charge in [0, 0.05) is 13.7 Å². The van der Waals surface area contributed by atoms with E-state index in [-0.39, 0.29) is 18.6 Å². The minimum absolute atomic E-state index is 0.0580. The van der Waals surface area contributed by atoms with Crippen molar-refractivity contribution in [3.8, 4) is 0 Å². The Hall–Kier alpha value is -1.18. The Balaban J connectivity index is 2.42. The molecule has 1 heterocycles. The van der Waals surface area contributed by atoms with Gasteiger partial charge in [-0.1, -0.05) is 0 Å². The maximum atomic E-state index is 11.8. The van der Waals surface area contributed by atoms with Crippen LogP contribution in [-0.4, -0.2) is 60.7 Å². The maximum Gasteiger partial charge on any atom is 0.332 e. The Bertz CT molecular complexity index is 289. The SMILES string of the molecule is COCC(CCO)NC(=O)[C@@H]1CC[C@H](C(=O)O)O1. The van der Waals surface area contributed by atoms with E-state index in [9.17, 15) is 9.59 Å². The highest BCUT2D eigenvalue weighted by molar-refractivity contribution is 5.82. The summed E-state index contributed by atoms with van der Waals surface area (Å²) in [5, 5.41) is 20.3. The molecule has 3 N–H and O–H groups in total. The summed E-state index contributed by atoms with van der Waals surface area (Å²) >= 11 is 0. The van der Waals surface area contributed by atoms with Gasteiger partial charge in [0.15, 0.2) is 6.10 Å². The van der Waals surface area contributed by atoms with E-state index in [1.807, 2.05) is 0 Å². The predicted molar refractivity (Wildman–Crippen MR) is 61.0 cm³/mol. The van der Waals surface area contributed by atoms with E-state index < -0.39 is 18.2 Å². The molecule has 1 rings (SSSR count). The molecule has 1 aliphatic heterocycles. The predicted octanol–water partition coefficient (Wildman–Crippen LogP) is -0.868. The quantitative estimate of drug-likeness (QED) is 0.550. The van der Waals surface area contributed by atoms with Crippen LogP contribution in [0.25, 0.3) is 0 Å². The number of carbonyl (C=O) groups excluding carboxylic acids is 1. The number of ether oxygens (including phenoxy) is 2. The molecule has 0 spiro atoms. The summed E-state index contributed by atoms with van der Waals surface area (Å²) in [7, 11) is 1.50. The fraction of sp³-hybridized carbons (Fsp3) is 0.818. The Kier molecular flexibility index (Phi) is 6.03. The second kappa shape index (κ2) is 7.30. The van der Waals surface area contributed by atoms with Gasteiger partial charge < -0.3 is 25.0 Å². The van der Waals surface area contributed by atoms with Crippen molar-refractivity contribution >= 4 is 11.9 Å². The normalized spacial score (nSPS) is 24.8. The van der Waals surface area contributed by atoms with E-state index in [0.29, 0.717) is 25.9 Å². The van der Waals surface area contributed by atoms with Crippen molar-refractivity contribution in [2.45, 2.75) is 37.5 Å². The van der Waals surface area contributed by atoms with E-state index in [1.165, 1.54) is 7.11 Å². The number of aliphatic hydroxyl groups excluding tert-OH is 1. The zero-order chi connectivity index (χ0) is 13.5. The largest absolute Gasteiger partial charge is 0.479 e. The molecule has 0 radical (unpaired) electrons. The number of aliphatic hydroxyl groups is 1. The van der Waals surface area contributed by atoms with E-state index in [4.69, 9.17) is 19.7 Å².